The van der Waals surface area contributed by atoms with E-state index in [0.29, 0.717) is 16.9 Å². The summed E-state index contributed by atoms with van der Waals surface area (Å²) in [6, 6.07) is 8.50. The van der Waals surface area contributed by atoms with Gasteiger partial charge < -0.3 is 9.67 Å². The van der Waals surface area contributed by atoms with Gasteiger partial charge in [-0.1, -0.05) is 0 Å². The molecule has 0 bridgehead atoms. The van der Waals surface area contributed by atoms with Crippen molar-refractivity contribution in [1.82, 2.24) is 24.1 Å². The van der Waals surface area contributed by atoms with Crippen molar-refractivity contribution in [2.75, 3.05) is 0 Å². The zero-order valence-electron chi connectivity index (χ0n) is 14.1. The molecular formula is C18H12F3N5O2. The fourth-order valence-electron chi connectivity index (χ4n) is 2.90. The molecule has 0 saturated carbocycles. The molecule has 0 radical (unpaired) electrons. The average Bonchev–Trinajstić information content (AvgIpc) is 3.25. The predicted molar refractivity (Wildman–Crippen MR) is 92.6 cm³/mol. The van der Waals surface area contributed by atoms with Gasteiger partial charge in [-0.2, -0.15) is 5.10 Å². The Hall–Kier alpha value is -3.69. The van der Waals surface area contributed by atoms with Crippen LogP contribution in [-0.2, 0) is 6.54 Å². The number of halogens is 3. The van der Waals surface area contributed by atoms with Crippen LogP contribution < -0.4 is 0 Å². The summed E-state index contributed by atoms with van der Waals surface area (Å²) in [5.74, 6) is -1.67. The SMILES string of the molecule is O=C(O)c1cnc2ccc(-c3c(-c4ccc(F)cc4)ncn3CC(F)F)nn12. The number of alkyl halides is 2. The molecule has 3 aromatic heterocycles. The molecule has 0 fully saturated rings. The van der Waals surface area contributed by atoms with E-state index in [4.69, 9.17) is 0 Å². The van der Waals surface area contributed by atoms with Crippen LogP contribution in [-0.4, -0.2) is 41.7 Å². The Kier molecular flexibility index (Phi) is 4.30. The van der Waals surface area contributed by atoms with Crippen molar-refractivity contribution in [3.05, 3.63) is 60.4 Å². The highest BCUT2D eigenvalue weighted by Crippen LogP contribution is 2.31. The highest BCUT2D eigenvalue weighted by atomic mass is 19.3. The van der Waals surface area contributed by atoms with Crippen molar-refractivity contribution < 1.29 is 23.1 Å². The Labute approximate surface area is 155 Å². The summed E-state index contributed by atoms with van der Waals surface area (Å²) in [5.41, 5.74) is 1.45. The molecule has 7 nitrogen and oxygen atoms in total. The number of hydrogen-bond donors (Lipinski definition) is 1. The zero-order valence-corrected chi connectivity index (χ0v) is 14.1. The van der Waals surface area contributed by atoms with Gasteiger partial charge in [0.05, 0.1) is 30.5 Å². The second kappa shape index (κ2) is 6.80. The van der Waals surface area contributed by atoms with E-state index in [1.807, 2.05) is 0 Å². The molecule has 0 amide bonds. The van der Waals surface area contributed by atoms with Gasteiger partial charge in [-0.25, -0.2) is 32.4 Å². The van der Waals surface area contributed by atoms with E-state index in [2.05, 4.69) is 15.1 Å². The molecule has 0 atom stereocenters. The smallest absolute Gasteiger partial charge is 0.356 e. The highest BCUT2D eigenvalue weighted by Gasteiger charge is 2.20. The van der Waals surface area contributed by atoms with Crippen molar-refractivity contribution in [1.29, 1.82) is 0 Å². The van der Waals surface area contributed by atoms with Crippen molar-refractivity contribution in [2.45, 2.75) is 13.0 Å². The molecule has 1 aromatic carbocycles. The van der Waals surface area contributed by atoms with Crippen LogP contribution in [0.5, 0.6) is 0 Å². The molecule has 3 heterocycles. The highest BCUT2D eigenvalue weighted by molar-refractivity contribution is 5.86. The minimum atomic E-state index is -2.64. The second-order valence-corrected chi connectivity index (χ2v) is 5.93. The van der Waals surface area contributed by atoms with Crippen LogP contribution in [0.15, 0.2) is 48.9 Å². The number of carbonyl (C=O) groups is 1. The van der Waals surface area contributed by atoms with Gasteiger partial charge in [-0.05, 0) is 36.4 Å². The van der Waals surface area contributed by atoms with Gasteiger partial charge in [-0.3, -0.25) is 0 Å². The number of rotatable bonds is 5. The van der Waals surface area contributed by atoms with Crippen molar-refractivity contribution in [3.63, 3.8) is 0 Å². The fourth-order valence-corrected chi connectivity index (χ4v) is 2.90. The monoisotopic (exact) mass is 387 g/mol. The summed E-state index contributed by atoms with van der Waals surface area (Å²) >= 11 is 0. The van der Waals surface area contributed by atoms with Crippen LogP contribution in [0.2, 0.25) is 0 Å². The Morgan fingerprint density at radius 2 is 1.86 bits per heavy atom. The Bertz CT molecular complexity index is 1170. The molecule has 4 aromatic rings. The molecule has 1 N–H and O–H groups in total. The van der Waals surface area contributed by atoms with E-state index in [1.54, 1.807) is 6.07 Å². The maximum atomic E-state index is 13.3. The quantitative estimate of drug-likeness (QED) is 0.568. The van der Waals surface area contributed by atoms with Gasteiger partial charge >= 0.3 is 5.97 Å². The Morgan fingerprint density at radius 1 is 1.11 bits per heavy atom. The number of imidazole rings is 2. The van der Waals surface area contributed by atoms with E-state index in [1.165, 1.54) is 41.2 Å². The topological polar surface area (TPSA) is 85.3 Å². The van der Waals surface area contributed by atoms with E-state index in [0.717, 1.165) is 10.7 Å². The molecule has 0 aliphatic carbocycles. The minimum absolute atomic E-state index is 0.167. The number of carboxylic acids is 1. The standard InChI is InChI=1S/C18H12F3N5O2/c19-11-3-1-10(2-4-11)16-17(25(9-23-16)8-14(20)21)12-5-6-15-22-7-13(18(27)28)26(15)24-12/h1-7,9,14H,8H2,(H,27,28). The summed E-state index contributed by atoms with van der Waals surface area (Å²) in [6.07, 6.45) is -0.232. The molecule has 28 heavy (non-hydrogen) atoms. The van der Waals surface area contributed by atoms with E-state index in [9.17, 15) is 23.1 Å². The lowest BCUT2D eigenvalue weighted by molar-refractivity contribution is 0.0688. The largest absolute Gasteiger partial charge is 0.476 e. The van der Waals surface area contributed by atoms with Gasteiger partial charge in [0.15, 0.2) is 11.3 Å². The molecule has 0 aliphatic heterocycles. The number of carboxylic acid groups (broad SMARTS) is 1. The zero-order chi connectivity index (χ0) is 19.8. The molecule has 142 valence electrons. The maximum absolute atomic E-state index is 13.3. The van der Waals surface area contributed by atoms with Crippen molar-refractivity contribution >= 4 is 11.6 Å². The number of hydrogen-bond acceptors (Lipinski definition) is 4. The second-order valence-electron chi connectivity index (χ2n) is 5.93. The predicted octanol–water partition coefficient (Wildman–Crippen LogP) is 3.36. The summed E-state index contributed by atoms with van der Waals surface area (Å²) in [7, 11) is 0. The Morgan fingerprint density at radius 3 is 2.54 bits per heavy atom. The van der Waals surface area contributed by atoms with Crippen LogP contribution in [0.1, 0.15) is 10.5 Å². The lowest BCUT2D eigenvalue weighted by Crippen LogP contribution is -2.09. The number of aromatic nitrogens is 5. The van der Waals surface area contributed by atoms with Crippen molar-refractivity contribution in [3.8, 4) is 22.6 Å². The lowest BCUT2D eigenvalue weighted by atomic mass is 10.1. The van der Waals surface area contributed by atoms with Gasteiger partial charge in [0.1, 0.15) is 11.5 Å². The van der Waals surface area contributed by atoms with E-state index < -0.39 is 24.8 Å². The van der Waals surface area contributed by atoms with Crippen LogP contribution >= 0.6 is 0 Å². The van der Waals surface area contributed by atoms with Crippen LogP contribution in [0.3, 0.4) is 0 Å². The molecule has 0 spiro atoms. The third-order valence-electron chi connectivity index (χ3n) is 4.11. The first-order valence-corrected chi connectivity index (χ1v) is 8.11. The van der Waals surface area contributed by atoms with Gasteiger partial charge in [-0.15, -0.1) is 0 Å². The van der Waals surface area contributed by atoms with Gasteiger partial charge in [0.2, 0.25) is 0 Å². The maximum Gasteiger partial charge on any atom is 0.356 e. The third-order valence-corrected chi connectivity index (χ3v) is 4.11. The summed E-state index contributed by atoms with van der Waals surface area (Å²) in [4.78, 5) is 19.5. The first kappa shape index (κ1) is 17.7. The summed E-state index contributed by atoms with van der Waals surface area (Å²) in [5, 5.41) is 13.5. The number of fused-ring (bicyclic) bond motifs is 1. The molecule has 0 saturated heterocycles. The number of nitrogens with zero attached hydrogens (tertiary/aromatic N) is 5. The van der Waals surface area contributed by atoms with Gasteiger partial charge in [0.25, 0.3) is 6.43 Å². The molecule has 4 rings (SSSR count). The third kappa shape index (κ3) is 3.08. The van der Waals surface area contributed by atoms with Gasteiger partial charge in [0, 0.05) is 5.56 Å². The molecule has 0 aliphatic rings. The first-order chi connectivity index (χ1) is 13.4. The van der Waals surface area contributed by atoms with E-state index in [-0.39, 0.29) is 17.1 Å². The molecule has 0 unspecified atom stereocenters. The van der Waals surface area contributed by atoms with Crippen molar-refractivity contribution in [2.24, 2.45) is 0 Å². The fraction of sp³-hybridized carbons (Fsp3) is 0.111. The average molecular weight is 387 g/mol. The number of aromatic carboxylic acids is 1. The van der Waals surface area contributed by atoms with Crippen LogP contribution in [0.25, 0.3) is 28.3 Å². The van der Waals surface area contributed by atoms with E-state index >= 15 is 0 Å². The van der Waals surface area contributed by atoms with Crippen LogP contribution in [0, 0.1) is 5.82 Å². The lowest BCUT2D eigenvalue weighted by Gasteiger charge is -2.10. The summed E-state index contributed by atoms with van der Waals surface area (Å²) in [6.45, 7) is -0.626. The normalized spacial score (nSPS) is 11.4. The molecule has 10 heteroatoms. The molecular weight excluding hydrogens is 375 g/mol. The first-order valence-electron chi connectivity index (χ1n) is 8.11. The summed E-state index contributed by atoms with van der Waals surface area (Å²) < 4.78 is 41.7. The number of benzene rings is 1. The minimum Gasteiger partial charge on any atom is -0.476 e. The van der Waals surface area contributed by atoms with Crippen LogP contribution in [0.4, 0.5) is 13.2 Å². The Balaban J connectivity index is 1.93.